The zero-order chi connectivity index (χ0) is 19.5. The molecule has 26 heavy (non-hydrogen) atoms. The Kier molecular flexibility index (Phi) is 5.81. The van der Waals surface area contributed by atoms with Crippen LogP contribution < -0.4 is 0 Å². The predicted octanol–water partition coefficient (Wildman–Crippen LogP) is 1.46. The van der Waals surface area contributed by atoms with Gasteiger partial charge in [-0.15, -0.1) is 0 Å². The van der Waals surface area contributed by atoms with Crippen LogP contribution in [0.25, 0.3) is 5.76 Å². The van der Waals surface area contributed by atoms with Crippen LogP contribution in [-0.4, -0.2) is 43.6 Å². The molecular formula is C17H19NO7S. The van der Waals surface area contributed by atoms with Crippen molar-refractivity contribution in [3.05, 3.63) is 35.5 Å². The highest BCUT2D eigenvalue weighted by Crippen LogP contribution is 2.37. The Hall–Kier alpha value is -2.68. The lowest BCUT2D eigenvalue weighted by Gasteiger charge is -2.31. The van der Waals surface area contributed by atoms with Gasteiger partial charge in [0, 0.05) is 18.9 Å². The van der Waals surface area contributed by atoms with Gasteiger partial charge in [0.1, 0.15) is 12.2 Å². The molecule has 0 atom stereocenters. The molecule has 1 aliphatic rings. The van der Waals surface area contributed by atoms with Crippen molar-refractivity contribution in [1.29, 1.82) is 0 Å². The van der Waals surface area contributed by atoms with E-state index in [-0.39, 0.29) is 34.9 Å². The predicted molar refractivity (Wildman–Crippen MR) is 91.0 cm³/mol. The molecule has 0 aliphatic carbocycles. The number of hydrogen-bond acceptors (Lipinski definition) is 7. The maximum atomic E-state index is 13.0. The number of hydrogen-bond donors (Lipinski definition) is 0. The van der Waals surface area contributed by atoms with Gasteiger partial charge in [0.25, 0.3) is 10.0 Å². The van der Waals surface area contributed by atoms with Crippen molar-refractivity contribution < 1.29 is 32.3 Å². The second kappa shape index (κ2) is 7.69. The van der Waals surface area contributed by atoms with Gasteiger partial charge in [-0.2, -0.15) is 0 Å². The van der Waals surface area contributed by atoms with E-state index in [1.165, 1.54) is 18.2 Å². The van der Waals surface area contributed by atoms with Gasteiger partial charge in [-0.3, -0.25) is 14.4 Å². The Bertz CT molecular complexity index is 886. The molecule has 0 amide bonds. The molecule has 0 N–H and O–H groups in total. The van der Waals surface area contributed by atoms with Crippen LogP contribution in [0.3, 0.4) is 0 Å². The van der Waals surface area contributed by atoms with Gasteiger partial charge in [0.05, 0.1) is 11.5 Å². The van der Waals surface area contributed by atoms with Crippen LogP contribution in [0.5, 0.6) is 0 Å². The topological polar surface area (TPSA) is 107 Å². The normalized spacial score (nSPS) is 15.3. The van der Waals surface area contributed by atoms with Crippen LogP contribution in [0.4, 0.5) is 0 Å². The third-order valence-corrected chi connectivity index (χ3v) is 5.38. The molecule has 1 aromatic carbocycles. The summed E-state index contributed by atoms with van der Waals surface area (Å²) in [7, 11) is -4.20. The number of rotatable bonds is 6. The first-order chi connectivity index (χ1) is 12.2. The maximum absolute atomic E-state index is 13.0. The van der Waals surface area contributed by atoms with E-state index in [2.05, 4.69) is 0 Å². The van der Waals surface area contributed by atoms with Crippen molar-refractivity contribution in [2.24, 2.45) is 0 Å². The molecule has 1 heterocycles. The number of nitrogens with zero attached hydrogens (tertiary/aromatic N) is 1. The van der Waals surface area contributed by atoms with Crippen molar-refractivity contribution >= 4 is 33.5 Å². The Morgan fingerprint density at radius 3 is 2.31 bits per heavy atom. The molecule has 0 saturated heterocycles. The van der Waals surface area contributed by atoms with Gasteiger partial charge in [0.15, 0.2) is 11.5 Å². The number of Topliss-reactive ketones (excluding diaryl/α,β-unsaturated/α-hetero) is 1. The molecular weight excluding hydrogens is 362 g/mol. The second-order valence-corrected chi connectivity index (χ2v) is 7.21. The quantitative estimate of drug-likeness (QED) is 0.687. The van der Waals surface area contributed by atoms with Crippen LogP contribution in [-0.2, 0) is 33.9 Å². The molecule has 0 fully saturated rings. The minimum absolute atomic E-state index is 0.0292. The minimum Gasteiger partial charge on any atom is -0.465 e. The summed E-state index contributed by atoms with van der Waals surface area (Å²) in [5.41, 5.74) is -0.279. The first-order valence-corrected chi connectivity index (χ1v) is 9.41. The number of allylic oxidation sites excluding steroid dienone is 1. The van der Waals surface area contributed by atoms with Crippen molar-refractivity contribution in [1.82, 2.24) is 4.31 Å². The summed E-state index contributed by atoms with van der Waals surface area (Å²) >= 11 is 0. The third kappa shape index (κ3) is 3.62. The number of carbonyl (C=O) groups excluding carboxylic acids is 3. The molecule has 2 rings (SSSR count). The molecule has 1 aliphatic heterocycles. The maximum Gasteiger partial charge on any atom is 0.326 e. The third-order valence-electron chi connectivity index (χ3n) is 3.58. The van der Waals surface area contributed by atoms with E-state index in [1.54, 1.807) is 19.9 Å². The molecule has 0 bridgehead atoms. The van der Waals surface area contributed by atoms with E-state index in [0.29, 0.717) is 4.31 Å². The van der Waals surface area contributed by atoms with E-state index in [4.69, 9.17) is 9.47 Å². The summed E-state index contributed by atoms with van der Waals surface area (Å²) in [4.78, 5) is 35.8. The highest BCUT2D eigenvalue weighted by molar-refractivity contribution is 7.89. The van der Waals surface area contributed by atoms with Crippen molar-refractivity contribution in [3.8, 4) is 0 Å². The molecule has 0 saturated carbocycles. The molecule has 8 nitrogen and oxygen atoms in total. The van der Waals surface area contributed by atoms with Crippen LogP contribution in [0, 0.1) is 0 Å². The summed E-state index contributed by atoms with van der Waals surface area (Å²) in [6, 6.07) is 5.82. The minimum atomic E-state index is -4.20. The highest BCUT2D eigenvalue weighted by Gasteiger charge is 2.41. The molecule has 0 aromatic heterocycles. The highest BCUT2D eigenvalue weighted by atomic mass is 32.2. The fourth-order valence-corrected chi connectivity index (χ4v) is 4.13. The first kappa shape index (κ1) is 19.6. The molecule has 0 unspecified atom stereocenters. The lowest BCUT2D eigenvalue weighted by molar-refractivity contribution is -0.143. The number of benzene rings is 1. The van der Waals surface area contributed by atoms with Gasteiger partial charge >= 0.3 is 11.9 Å². The Balaban J connectivity index is 2.73. The second-order valence-electron chi connectivity index (χ2n) is 5.37. The zero-order valence-corrected chi connectivity index (χ0v) is 15.5. The summed E-state index contributed by atoms with van der Waals surface area (Å²) in [6.45, 7) is 3.63. The SMILES string of the molecule is CCOC(=O)CN1C(C(C)=O)=C(OC(=O)CC)c2ccccc2S1(=O)=O. The lowest BCUT2D eigenvalue weighted by Crippen LogP contribution is -2.41. The summed E-state index contributed by atoms with van der Waals surface area (Å²) in [6.07, 6.45) is 0.0292. The van der Waals surface area contributed by atoms with Gasteiger partial charge < -0.3 is 9.47 Å². The first-order valence-electron chi connectivity index (χ1n) is 7.97. The fourth-order valence-electron chi connectivity index (χ4n) is 2.47. The van der Waals surface area contributed by atoms with E-state index in [1.807, 2.05) is 0 Å². The molecule has 0 spiro atoms. The Morgan fingerprint density at radius 2 is 1.73 bits per heavy atom. The van der Waals surface area contributed by atoms with Gasteiger partial charge in [-0.25, -0.2) is 12.7 Å². The number of carbonyl (C=O) groups is 3. The number of ether oxygens (including phenoxy) is 2. The molecule has 0 radical (unpaired) electrons. The number of fused-ring (bicyclic) bond motifs is 1. The fraction of sp³-hybridized carbons (Fsp3) is 0.353. The molecule has 9 heteroatoms. The lowest BCUT2D eigenvalue weighted by atomic mass is 10.1. The Labute approximate surface area is 151 Å². The monoisotopic (exact) mass is 381 g/mol. The standard InChI is InChI=1S/C17H19NO7S/c1-4-14(20)25-17-12-8-6-7-9-13(12)26(22,23)18(16(17)11(3)19)10-15(21)24-5-2/h6-9H,4-5,10H2,1-3H3. The van der Waals surface area contributed by atoms with Crippen molar-refractivity contribution in [3.63, 3.8) is 0 Å². The van der Waals surface area contributed by atoms with Crippen LogP contribution >= 0.6 is 0 Å². The van der Waals surface area contributed by atoms with E-state index in [9.17, 15) is 22.8 Å². The largest absolute Gasteiger partial charge is 0.465 e. The van der Waals surface area contributed by atoms with Crippen LogP contribution in [0.2, 0.25) is 0 Å². The average Bonchev–Trinajstić information content (AvgIpc) is 2.59. The van der Waals surface area contributed by atoms with E-state index >= 15 is 0 Å². The molecule has 1 aromatic rings. The Morgan fingerprint density at radius 1 is 1.08 bits per heavy atom. The molecule has 140 valence electrons. The summed E-state index contributed by atoms with van der Waals surface area (Å²) in [5, 5.41) is 0. The number of esters is 2. The number of sulfonamides is 1. The smallest absolute Gasteiger partial charge is 0.326 e. The van der Waals surface area contributed by atoms with E-state index < -0.39 is 34.3 Å². The van der Waals surface area contributed by atoms with Gasteiger partial charge in [0.2, 0.25) is 0 Å². The average molecular weight is 381 g/mol. The van der Waals surface area contributed by atoms with Crippen molar-refractivity contribution in [2.75, 3.05) is 13.2 Å². The van der Waals surface area contributed by atoms with Gasteiger partial charge in [-0.05, 0) is 19.1 Å². The van der Waals surface area contributed by atoms with Crippen LogP contribution in [0.1, 0.15) is 32.8 Å². The zero-order valence-electron chi connectivity index (χ0n) is 14.6. The van der Waals surface area contributed by atoms with Gasteiger partial charge in [-0.1, -0.05) is 19.1 Å². The van der Waals surface area contributed by atoms with Crippen LogP contribution in [0.15, 0.2) is 34.9 Å². The van der Waals surface area contributed by atoms with E-state index in [0.717, 1.165) is 6.92 Å². The van der Waals surface area contributed by atoms with Crippen molar-refractivity contribution in [2.45, 2.75) is 32.1 Å². The summed E-state index contributed by atoms with van der Waals surface area (Å²) in [5.74, 6) is -2.30. The summed E-state index contributed by atoms with van der Waals surface area (Å²) < 4.78 is 36.6. The number of ketones is 1.